The number of rotatable bonds is 10. The molecule has 0 N–H and O–H groups in total. The van der Waals surface area contributed by atoms with E-state index < -0.39 is 15.9 Å². The Bertz CT molecular complexity index is 857. The Morgan fingerprint density at radius 3 is 1.33 bits per heavy atom. The van der Waals surface area contributed by atoms with Crippen LogP contribution in [0, 0.1) is 35.5 Å². The summed E-state index contributed by atoms with van der Waals surface area (Å²) in [5, 5.41) is 0. The molecule has 42 heavy (non-hydrogen) atoms. The van der Waals surface area contributed by atoms with Gasteiger partial charge < -0.3 is 0 Å². The Hall–Kier alpha value is 0.813. The normalized spacial score (nSPS) is 33.2. The second-order valence-electron chi connectivity index (χ2n) is 16.0. The summed E-state index contributed by atoms with van der Waals surface area (Å²) in [7, 11) is 14.5. The number of halogens is 2. The molecule has 0 radical (unpaired) electrons. The minimum absolute atomic E-state index is 0.950. The van der Waals surface area contributed by atoms with Crippen LogP contribution in [0.2, 0.25) is 0 Å². The van der Waals surface area contributed by atoms with Crippen LogP contribution in [0.15, 0.2) is 18.7 Å². The second-order valence-corrected chi connectivity index (χ2v) is 35.8. The molecular weight excluding hydrogens is 631 g/mol. The molecule has 3 heteroatoms. The Kier molecular flexibility index (Phi) is 15.0. The summed E-state index contributed by atoms with van der Waals surface area (Å²) in [5.41, 5.74) is 2.78. The van der Waals surface area contributed by atoms with Crippen molar-refractivity contribution >= 4 is 21.2 Å². The molecule has 4 rings (SSSR count). The Morgan fingerprint density at radius 2 is 0.905 bits per heavy atom. The molecule has 0 aliphatic heterocycles. The fourth-order valence-corrected chi connectivity index (χ4v) is 20.7. The third kappa shape index (κ3) is 12.2. The van der Waals surface area contributed by atoms with Gasteiger partial charge in [0.05, 0.1) is 0 Å². The van der Waals surface area contributed by atoms with Crippen molar-refractivity contribution in [3.8, 4) is 0 Å². The van der Waals surface area contributed by atoms with E-state index in [2.05, 4.69) is 25.6 Å². The van der Waals surface area contributed by atoms with Crippen LogP contribution in [-0.4, -0.2) is 4.21 Å². The van der Waals surface area contributed by atoms with Gasteiger partial charge in [-0.25, -0.2) is 0 Å². The van der Waals surface area contributed by atoms with Crippen molar-refractivity contribution in [1.29, 1.82) is 0 Å². The maximum atomic E-state index is 7.24. The van der Waals surface area contributed by atoms with E-state index in [1.165, 1.54) is 165 Å². The summed E-state index contributed by atoms with van der Waals surface area (Å²) in [6.45, 7) is 4.55. The van der Waals surface area contributed by atoms with Gasteiger partial charge in [-0.2, -0.15) is 0 Å². The van der Waals surface area contributed by atoms with E-state index in [4.69, 9.17) is 17.0 Å². The predicted molar refractivity (Wildman–Crippen MR) is 187 cm³/mol. The average molecular weight is 699 g/mol. The van der Waals surface area contributed by atoms with Crippen LogP contribution < -0.4 is 0 Å². The first kappa shape index (κ1) is 35.7. The Morgan fingerprint density at radius 1 is 0.548 bits per heavy atom. The molecule has 0 saturated heterocycles. The monoisotopic (exact) mass is 696 g/mol. The molecule has 4 saturated carbocycles. The van der Waals surface area contributed by atoms with Gasteiger partial charge in [0, 0.05) is 0 Å². The number of allylic oxidation sites excluding steroid dienone is 2. The van der Waals surface area contributed by atoms with Gasteiger partial charge in [0.2, 0.25) is 0 Å². The molecular formula is C39H68Cl2Zr. The van der Waals surface area contributed by atoms with Crippen LogP contribution in [0.4, 0.5) is 0 Å². The van der Waals surface area contributed by atoms with E-state index >= 15 is 0 Å². The van der Waals surface area contributed by atoms with E-state index in [0.717, 1.165) is 48.3 Å². The number of hydrogen-bond donors (Lipinski definition) is 0. The molecule has 4 fully saturated rings. The van der Waals surface area contributed by atoms with E-state index in [1.807, 2.05) is 0 Å². The van der Waals surface area contributed by atoms with Gasteiger partial charge in [-0.1, -0.05) is 0 Å². The molecule has 6 unspecified atom stereocenters. The molecule has 242 valence electrons. The van der Waals surface area contributed by atoms with Crippen molar-refractivity contribution in [2.45, 2.75) is 181 Å². The SMILES string of the molecule is [CH2]=[Zr]([Cl])([Cl])([CH]=C(C)CCCC1CCCCCCCC2CCCC12)[CH]=C(C)CCCC1CCCCCCCC2CCCC12. The average Bonchev–Trinajstić information content (AvgIpc) is 3.59. The summed E-state index contributed by atoms with van der Waals surface area (Å²) in [6, 6.07) is 0. The van der Waals surface area contributed by atoms with Gasteiger partial charge >= 0.3 is 272 Å². The molecule has 4 aliphatic carbocycles. The summed E-state index contributed by atoms with van der Waals surface area (Å²) in [4.78, 5) is 0. The first-order valence-corrected chi connectivity index (χ1v) is 29.9. The minimum atomic E-state index is -4.22. The quantitative estimate of drug-likeness (QED) is 0.213. The van der Waals surface area contributed by atoms with Gasteiger partial charge in [0.1, 0.15) is 0 Å². The molecule has 6 atom stereocenters. The van der Waals surface area contributed by atoms with Crippen molar-refractivity contribution in [3.63, 3.8) is 0 Å². The molecule has 0 aromatic rings. The summed E-state index contributed by atoms with van der Waals surface area (Å²) in [5.74, 6) is 5.96. The zero-order valence-corrected chi connectivity index (χ0v) is 31.9. The van der Waals surface area contributed by atoms with E-state index in [-0.39, 0.29) is 0 Å². The standard InChI is InChI=1S/2C19H33.CH2.2ClH.Zr/c2*1-16(2)10-8-13-17-11-6-4-3-5-7-12-18-14-9-15-19(17)18;;;;/h2*1,17-19H,3-15H2,2H3;1H2;2*1H;/q;;;;;+2/p-2. The topological polar surface area (TPSA) is 0 Å². The van der Waals surface area contributed by atoms with Crippen molar-refractivity contribution in [3.05, 3.63) is 18.7 Å². The fourth-order valence-electron chi connectivity index (χ4n) is 10.4. The van der Waals surface area contributed by atoms with Gasteiger partial charge in [-0.3, -0.25) is 0 Å². The Balaban J connectivity index is 1.26. The maximum absolute atomic E-state index is 7.24. The number of hydrogen-bond acceptors (Lipinski definition) is 0. The van der Waals surface area contributed by atoms with Gasteiger partial charge in [0.25, 0.3) is 0 Å². The zero-order chi connectivity index (χ0) is 29.9. The molecule has 0 amide bonds. The summed E-state index contributed by atoms with van der Waals surface area (Å²) >= 11 is -4.22. The van der Waals surface area contributed by atoms with E-state index in [9.17, 15) is 0 Å². The van der Waals surface area contributed by atoms with Gasteiger partial charge in [-0.05, 0) is 0 Å². The molecule has 0 spiro atoms. The van der Waals surface area contributed by atoms with Crippen LogP contribution in [0.25, 0.3) is 0 Å². The fraction of sp³-hybridized carbons (Fsp3) is 0.872. The first-order valence-electron chi connectivity index (χ1n) is 19.0. The van der Waals surface area contributed by atoms with Crippen LogP contribution in [0.5, 0.6) is 0 Å². The first-order chi connectivity index (χ1) is 20.2. The zero-order valence-electron chi connectivity index (χ0n) is 28.0. The summed E-state index contributed by atoms with van der Waals surface area (Å²) in [6.07, 6.45) is 37.3. The van der Waals surface area contributed by atoms with Crippen molar-refractivity contribution in [2.75, 3.05) is 0 Å². The number of fused-ring (bicyclic) bond motifs is 2. The van der Waals surface area contributed by atoms with E-state index in [1.54, 1.807) is 0 Å². The second kappa shape index (κ2) is 17.7. The molecule has 0 bridgehead atoms. The third-order valence-electron chi connectivity index (χ3n) is 12.3. The molecule has 0 aromatic heterocycles. The molecule has 4 aliphatic rings. The van der Waals surface area contributed by atoms with Gasteiger partial charge in [0.15, 0.2) is 0 Å². The van der Waals surface area contributed by atoms with Crippen LogP contribution >= 0.6 is 17.0 Å². The van der Waals surface area contributed by atoms with Gasteiger partial charge in [-0.15, -0.1) is 0 Å². The Labute approximate surface area is 270 Å². The third-order valence-corrected chi connectivity index (χ3v) is 20.2. The molecule has 0 nitrogen and oxygen atoms in total. The van der Waals surface area contributed by atoms with Crippen molar-refractivity contribution in [2.24, 2.45) is 35.5 Å². The summed E-state index contributed by atoms with van der Waals surface area (Å²) < 4.78 is 9.07. The van der Waals surface area contributed by atoms with Crippen molar-refractivity contribution in [1.82, 2.24) is 0 Å². The van der Waals surface area contributed by atoms with Crippen molar-refractivity contribution < 1.29 is 15.9 Å². The molecule has 0 heterocycles. The van der Waals surface area contributed by atoms with E-state index in [0.29, 0.717) is 0 Å². The van der Waals surface area contributed by atoms with Crippen LogP contribution in [0.3, 0.4) is 0 Å². The predicted octanol–water partition coefficient (Wildman–Crippen LogP) is 14.1. The van der Waals surface area contributed by atoms with Crippen LogP contribution in [0.1, 0.15) is 181 Å². The van der Waals surface area contributed by atoms with Crippen LogP contribution in [-0.2, 0) is 15.9 Å². The molecule has 0 aromatic carbocycles.